The van der Waals surface area contributed by atoms with E-state index in [0.717, 1.165) is 5.56 Å². The molecule has 164 valence electrons. The van der Waals surface area contributed by atoms with Crippen LogP contribution < -0.4 is 15.1 Å². The molecule has 0 spiro atoms. The number of hydrogen-bond donors (Lipinski definition) is 1. The first-order valence-corrected chi connectivity index (χ1v) is 11.4. The van der Waals surface area contributed by atoms with Crippen molar-refractivity contribution in [3.05, 3.63) is 68.5 Å². The van der Waals surface area contributed by atoms with Crippen LogP contribution in [0.4, 0.5) is 0 Å². The summed E-state index contributed by atoms with van der Waals surface area (Å²) in [7, 11) is -3.93. The second-order valence-corrected chi connectivity index (χ2v) is 9.36. The Bertz CT molecular complexity index is 1310. The van der Waals surface area contributed by atoms with Crippen molar-refractivity contribution in [2.45, 2.75) is 45.1 Å². The minimum atomic E-state index is -3.93. The molecule has 1 heterocycles. The van der Waals surface area contributed by atoms with Crippen LogP contribution in [-0.2, 0) is 14.8 Å². The first kappa shape index (κ1) is 23.0. The van der Waals surface area contributed by atoms with Crippen LogP contribution in [-0.4, -0.2) is 20.4 Å². The number of carbonyl (C=O) groups excluding carboxylic acids is 1. The van der Waals surface area contributed by atoms with Crippen LogP contribution in [0.15, 0.2) is 50.5 Å². The quantitative estimate of drug-likeness (QED) is 0.336. The average Bonchev–Trinajstić information content (AvgIpc) is 2.72. The topological polar surface area (TPSA) is 103 Å². The lowest BCUT2D eigenvalue weighted by Crippen LogP contribution is -2.42. The van der Waals surface area contributed by atoms with Crippen molar-refractivity contribution in [3.8, 4) is 5.75 Å². The summed E-state index contributed by atoms with van der Waals surface area (Å²) < 4.78 is 38.2. The SMILES string of the molecule is CCC(NS(=O)(=O)c1ccc(C)cc1)C(=O)Oc1cc2oc(=O)c(C)c(C)c2cc1Cl. The van der Waals surface area contributed by atoms with Gasteiger partial charge in [-0.3, -0.25) is 0 Å². The van der Waals surface area contributed by atoms with Crippen molar-refractivity contribution in [3.63, 3.8) is 0 Å². The summed E-state index contributed by atoms with van der Waals surface area (Å²) in [5.41, 5.74) is 1.80. The molecule has 0 aliphatic rings. The van der Waals surface area contributed by atoms with Crippen LogP contribution in [0.1, 0.15) is 30.0 Å². The molecule has 0 saturated heterocycles. The van der Waals surface area contributed by atoms with Gasteiger partial charge in [-0.25, -0.2) is 18.0 Å². The maximum Gasteiger partial charge on any atom is 0.339 e. The van der Waals surface area contributed by atoms with Crippen LogP contribution in [0.5, 0.6) is 5.75 Å². The third kappa shape index (κ3) is 4.81. The highest BCUT2D eigenvalue weighted by atomic mass is 35.5. The highest BCUT2D eigenvalue weighted by Crippen LogP contribution is 2.32. The predicted octanol–water partition coefficient (Wildman–Crippen LogP) is 4.03. The second-order valence-electron chi connectivity index (χ2n) is 7.23. The largest absolute Gasteiger partial charge is 0.424 e. The molecule has 0 amide bonds. The van der Waals surface area contributed by atoms with E-state index >= 15 is 0 Å². The Labute approximate surface area is 185 Å². The maximum absolute atomic E-state index is 12.7. The minimum Gasteiger partial charge on any atom is -0.424 e. The van der Waals surface area contributed by atoms with E-state index in [4.69, 9.17) is 20.8 Å². The van der Waals surface area contributed by atoms with Gasteiger partial charge in [0.25, 0.3) is 0 Å². The molecular formula is C22H22ClNO6S. The predicted molar refractivity (Wildman–Crippen MR) is 118 cm³/mol. The van der Waals surface area contributed by atoms with E-state index in [1.165, 1.54) is 18.2 Å². The fraction of sp³-hybridized carbons (Fsp3) is 0.273. The Morgan fingerprint density at radius 3 is 2.39 bits per heavy atom. The number of carbonyl (C=O) groups is 1. The molecule has 0 fully saturated rings. The zero-order chi connectivity index (χ0) is 22.9. The number of sulfonamides is 1. The minimum absolute atomic E-state index is 0.0291. The van der Waals surface area contributed by atoms with Gasteiger partial charge < -0.3 is 9.15 Å². The molecule has 0 bridgehead atoms. The molecule has 9 heteroatoms. The van der Waals surface area contributed by atoms with Crippen molar-refractivity contribution >= 4 is 38.6 Å². The van der Waals surface area contributed by atoms with Crippen LogP contribution >= 0.6 is 11.6 Å². The normalized spacial score (nSPS) is 12.7. The Hall–Kier alpha value is -2.68. The van der Waals surface area contributed by atoms with Gasteiger partial charge in [-0.1, -0.05) is 36.2 Å². The first-order chi connectivity index (χ1) is 14.5. The van der Waals surface area contributed by atoms with Gasteiger partial charge >= 0.3 is 11.6 Å². The number of aryl methyl sites for hydroxylation is 2. The molecule has 0 aliphatic carbocycles. The summed E-state index contributed by atoms with van der Waals surface area (Å²) in [5.74, 6) is -0.857. The van der Waals surface area contributed by atoms with Gasteiger partial charge in [0, 0.05) is 17.0 Å². The van der Waals surface area contributed by atoms with E-state index in [1.807, 2.05) is 6.92 Å². The molecule has 1 unspecified atom stereocenters. The number of hydrogen-bond acceptors (Lipinski definition) is 6. The Morgan fingerprint density at radius 2 is 1.77 bits per heavy atom. The lowest BCUT2D eigenvalue weighted by Gasteiger charge is -2.17. The van der Waals surface area contributed by atoms with Gasteiger partial charge in [-0.05, 0) is 51.0 Å². The molecular weight excluding hydrogens is 442 g/mol. The van der Waals surface area contributed by atoms with Gasteiger partial charge in [-0.15, -0.1) is 0 Å². The first-order valence-electron chi connectivity index (χ1n) is 9.57. The van der Waals surface area contributed by atoms with Crippen molar-refractivity contribution < 1.29 is 22.4 Å². The van der Waals surface area contributed by atoms with E-state index in [2.05, 4.69) is 4.72 Å². The Balaban J connectivity index is 1.87. The highest BCUT2D eigenvalue weighted by Gasteiger charge is 2.27. The van der Waals surface area contributed by atoms with Crippen LogP contribution in [0, 0.1) is 20.8 Å². The van der Waals surface area contributed by atoms with Gasteiger partial charge in [-0.2, -0.15) is 4.72 Å². The third-order valence-corrected chi connectivity index (χ3v) is 6.82. The second kappa shape index (κ2) is 8.82. The fourth-order valence-corrected chi connectivity index (χ4v) is 4.44. The number of halogens is 1. The summed E-state index contributed by atoms with van der Waals surface area (Å²) in [6.07, 6.45) is 0.155. The monoisotopic (exact) mass is 463 g/mol. The van der Waals surface area contributed by atoms with E-state index in [0.29, 0.717) is 16.5 Å². The maximum atomic E-state index is 12.7. The third-order valence-electron chi connectivity index (χ3n) is 5.04. The zero-order valence-corrected chi connectivity index (χ0v) is 19.1. The number of rotatable bonds is 6. The molecule has 0 saturated carbocycles. The molecule has 1 atom stereocenters. The molecule has 1 N–H and O–H groups in total. The highest BCUT2D eigenvalue weighted by molar-refractivity contribution is 7.89. The number of fused-ring (bicyclic) bond motifs is 1. The van der Waals surface area contributed by atoms with E-state index in [-0.39, 0.29) is 27.7 Å². The van der Waals surface area contributed by atoms with E-state index < -0.39 is 27.7 Å². The molecule has 7 nitrogen and oxygen atoms in total. The summed E-state index contributed by atoms with van der Waals surface area (Å²) in [5, 5.41) is 0.752. The summed E-state index contributed by atoms with van der Waals surface area (Å²) in [6.45, 7) is 6.91. The molecule has 3 rings (SSSR count). The molecule has 0 radical (unpaired) electrons. The molecule has 0 aliphatic heterocycles. The molecule has 3 aromatic rings. The average molecular weight is 464 g/mol. The van der Waals surface area contributed by atoms with E-state index in [9.17, 15) is 18.0 Å². The smallest absolute Gasteiger partial charge is 0.339 e. The van der Waals surface area contributed by atoms with Gasteiger partial charge in [0.1, 0.15) is 11.6 Å². The number of ether oxygens (including phenoxy) is 1. The molecule has 2 aromatic carbocycles. The Kier molecular flexibility index (Phi) is 6.54. The summed E-state index contributed by atoms with van der Waals surface area (Å²) in [4.78, 5) is 24.7. The Morgan fingerprint density at radius 1 is 1.13 bits per heavy atom. The van der Waals surface area contributed by atoms with Crippen molar-refractivity contribution in [1.82, 2.24) is 4.72 Å². The lowest BCUT2D eigenvalue weighted by molar-refractivity contribution is -0.136. The fourth-order valence-electron chi connectivity index (χ4n) is 2.97. The van der Waals surface area contributed by atoms with Crippen LogP contribution in [0.2, 0.25) is 5.02 Å². The van der Waals surface area contributed by atoms with E-state index in [1.54, 1.807) is 39.0 Å². The van der Waals surface area contributed by atoms with Gasteiger partial charge in [0.2, 0.25) is 10.0 Å². The van der Waals surface area contributed by atoms with Crippen LogP contribution in [0.3, 0.4) is 0 Å². The van der Waals surface area contributed by atoms with Crippen molar-refractivity contribution in [1.29, 1.82) is 0 Å². The summed E-state index contributed by atoms with van der Waals surface area (Å²) >= 11 is 6.27. The molecule has 1 aromatic heterocycles. The molecule has 31 heavy (non-hydrogen) atoms. The number of esters is 1. The van der Waals surface area contributed by atoms with Crippen LogP contribution in [0.25, 0.3) is 11.0 Å². The van der Waals surface area contributed by atoms with Crippen molar-refractivity contribution in [2.75, 3.05) is 0 Å². The van der Waals surface area contributed by atoms with Crippen molar-refractivity contribution in [2.24, 2.45) is 0 Å². The standard InChI is InChI=1S/C22H22ClNO6S/c1-5-18(24-31(27,28)15-8-6-12(2)7-9-15)22(26)30-20-11-19-16(10-17(20)23)13(3)14(4)21(25)29-19/h6-11,18,24H,5H2,1-4H3. The number of nitrogens with one attached hydrogen (secondary N) is 1. The van der Waals surface area contributed by atoms with Gasteiger partial charge in [0.05, 0.1) is 9.92 Å². The lowest BCUT2D eigenvalue weighted by atomic mass is 10.1. The number of benzene rings is 2. The summed E-state index contributed by atoms with van der Waals surface area (Å²) in [6, 6.07) is 8.02. The zero-order valence-electron chi connectivity index (χ0n) is 17.5. The van der Waals surface area contributed by atoms with Gasteiger partial charge in [0.15, 0.2) is 5.75 Å².